The van der Waals surface area contributed by atoms with Gasteiger partial charge in [0, 0.05) is 20.9 Å². The van der Waals surface area contributed by atoms with Crippen LogP contribution in [0.1, 0.15) is 34.3 Å². The molecule has 152 valence electrons. The van der Waals surface area contributed by atoms with Crippen LogP contribution in [0, 0.1) is 5.92 Å². The van der Waals surface area contributed by atoms with E-state index < -0.39 is 10.0 Å². The number of aromatic nitrogens is 1. The van der Waals surface area contributed by atoms with Crippen molar-refractivity contribution in [3.63, 3.8) is 0 Å². The number of hydrogen-bond acceptors (Lipinski definition) is 6. The lowest BCUT2D eigenvalue weighted by molar-refractivity contribution is 0.102. The lowest BCUT2D eigenvalue weighted by atomic mass is 9.93. The number of nitrogens with one attached hydrogen (secondary N) is 2. The molecule has 3 aromatic rings. The SMILES string of the molecule is CNS(=O)(=O)c1ccc(-c2cccs2)c(C(=O)Nc2nc3c(s2)CC(C)CC3)c1. The molecule has 0 radical (unpaired) electrons. The van der Waals surface area contributed by atoms with Gasteiger partial charge in [-0.15, -0.1) is 22.7 Å². The zero-order chi connectivity index (χ0) is 20.6. The van der Waals surface area contributed by atoms with Crippen LogP contribution in [-0.4, -0.2) is 26.4 Å². The van der Waals surface area contributed by atoms with Crippen molar-refractivity contribution in [2.24, 2.45) is 5.92 Å². The molecule has 0 spiro atoms. The van der Waals surface area contributed by atoms with Gasteiger partial charge in [-0.05, 0) is 55.8 Å². The van der Waals surface area contributed by atoms with Gasteiger partial charge in [0.15, 0.2) is 5.13 Å². The predicted molar refractivity (Wildman–Crippen MR) is 117 cm³/mol. The van der Waals surface area contributed by atoms with Crippen molar-refractivity contribution >= 4 is 43.7 Å². The Kier molecular flexibility index (Phi) is 5.56. The van der Waals surface area contributed by atoms with E-state index in [2.05, 4.69) is 21.9 Å². The second-order valence-electron chi connectivity index (χ2n) is 7.08. The molecule has 0 fully saturated rings. The Labute approximate surface area is 178 Å². The maximum absolute atomic E-state index is 13.1. The third-order valence-corrected chi connectivity index (χ3v) is 8.36. The fraction of sp³-hybridized carbons (Fsp3) is 0.300. The first kappa shape index (κ1) is 20.2. The Morgan fingerprint density at radius 2 is 2.10 bits per heavy atom. The lowest BCUT2D eigenvalue weighted by Crippen LogP contribution is -2.20. The van der Waals surface area contributed by atoms with Crippen molar-refractivity contribution < 1.29 is 13.2 Å². The van der Waals surface area contributed by atoms with Gasteiger partial charge in [0.2, 0.25) is 10.0 Å². The minimum Gasteiger partial charge on any atom is -0.298 e. The number of anilines is 1. The maximum Gasteiger partial charge on any atom is 0.258 e. The van der Waals surface area contributed by atoms with E-state index in [9.17, 15) is 13.2 Å². The van der Waals surface area contributed by atoms with E-state index in [1.165, 1.54) is 46.7 Å². The lowest BCUT2D eigenvalue weighted by Gasteiger charge is -2.15. The molecule has 1 aliphatic rings. The summed E-state index contributed by atoms with van der Waals surface area (Å²) in [6.07, 6.45) is 3.02. The molecular weight excluding hydrogens is 426 g/mol. The van der Waals surface area contributed by atoms with E-state index in [0.29, 0.717) is 22.2 Å². The second-order valence-corrected chi connectivity index (χ2v) is 11.0. The highest BCUT2D eigenvalue weighted by Gasteiger charge is 2.23. The molecule has 2 aromatic heterocycles. The summed E-state index contributed by atoms with van der Waals surface area (Å²) in [7, 11) is -2.31. The normalized spacial score (nSPS) is 16.4. The van der Waals surface area contributed by atoms with E-state index >= 15 is 0 Å². The van der Waals surface area contributed by atoms with Gasteiger partial charge in [0.05, 0.1) is 10.6 Å². The van der Waals surface area contributed by atoms with Gasteiger partial charge in [0.25, 0.3) is 5.91 Å². The summed E-state index contributed by atoms with van der Waals surface area (Å²) in [6, 6.07) is 8.43. The Morgan fingerprint density at radius 3 is 2.83 bits per heavy atom. The van der Waals surface area contributed by atoms with Crippen molar-refractivity contribution in [2.75, 3.05) is 12.4 Å². The van der Waals surface area contributed by atoms with Crippen LogP contribution in [0.25, 0.3) is 10.4 Å². The van der Waals surface area contributed by atoms with Crippen LogP contribution in [0.3, 0.4) is 0 Å². The molecule has 1 atom stereocenters. The summed E-state index contributed by atoms with van der Waals surface area (Å²) in [5.74, 6) is 0.265. The molecule has 0 saturated heterocycles. The largest absolute Gasteiger partial charge is 0.298 e. The molecule has 1 amide bonds. The van der Waals surface area contributed by atoms with E-state index in [0.717, 1.165) is 29.8 Å². The standard InChI is InChI=1S/C20H21N3O3S3/c1-12-5-8-16-18(10-12)28-20(22-16)23-19(24)15-11-13(29(25,26)21-2)6-7-14(15)17-4-3-9-27-17/h3-4,6-7,9,11-12,21H,5,8,10H2,1-2H3,(H,22,23,24). The predicted octanol–water partition coefficient (Wildman–Crippen LogP) is 4.16. The number of thiophene rings is 1. The fourth-order valence-corrected chi connectivity index (χ4v) is 6.09. The average Bonchev–Trinajstić information content (AvgIpc) is 3.36. The maximum atomic E-state index is 13.1. The zero-order valence-electron chi connectivity index (χ0n) is 16.1. The summed E-state index contributed by atoms with van der Waals surface area (Å²) in [5.41, 5.74) is 2.07. The molecule has 2 N–H and O–H groups in total. The molecule has 1 aromatic carbocycles. The van der Waals surface area contributed by atoms with Crippen LogP contribution in [0.4, 0.5) is 5.13 Å². The van der Waals surface area contributed by atoms with E-state index in [1.807, 2.05) is 17.5 Å². The summed E-state index contributed by atoms with van der Waals surface area (Å²) in [4.78, 5) is 19.9. The van der Waals surface area contributed by atoms with Crippen LogP contribution in [-0.2, 0) is 22.9 Å². The van der Waals surface area contributed by atoms with E-state index in [1.54, 1.807) is 6.07 Å². The Bertz CT molecular complexity index is 1150. The van der Waals surface area contributed by atoms with Gasteiger partial charge in [-0.1, -0.05) is 19.1 Å². The minimum absolute atomic E-state index is 0.0534. The van der Waals surface area contributed by atoms with Gasteiger partial charge in [-0.3, -0.25) is 10.1 Å². The number of carbonyl (C=O) groups excluding carboxylic acids is 1. The number of carbonyl (C=O) groups is 1. The number of rotatable bonds is 5. The smallest absolute Gasteiger partial charge is 0.258 e. The number of amides is 1. The first-order valence-electron chi connectivity index (χ1n) is 9.29. The molecule has 0 bridgehead atoms. The number of sulfonamides is 1. The highest BCUT2D eigenvalue weighted by molar-refractivity contribution is 7.89. The molecule has 1 unspecified atom stereocenters. The van der Waals surface area contributed by atoms with Gasteiger partial charge in [0.1, 0.15) is 0 Å². The molecule has 9 heteroatoms. The number of benzene rings is 1. The van der Waals surface area contributed by atoms with Crippen LogP contribution >= 0.6 is 22.7 Å². The number of fused-ring (bicyclic) bond motifs is 1. The van der Waals surface area contributed by atoms with Crippen molar-refractivity contribution in [1.82, 2.24) is 9.71 Å². The van der Waals surface area contributed by atoms with Gasteiger partial charge < -0.3 is 0 Å². The number of hydrogen-bond donors (Lipinski definition) is 2. The summed E-state index contributed by atoms with van der Waals surface area (Å²) >= 11 is 3.01. The van der Waals surface area contributed by atoms with Crippen molar-refractivity contribution in [3.8, 4) is 10.4 Å². The molecule has 1 aliphatic carbocycles. The molecule has 29 heavy (non-hydrogen) atoms. The van der Waals surface area contributed by atoms with Crippen LogP contribution in [0.15, 0.2) is 40.6 Å². The molecule has 2 heterocycles. The number of aryl methyl sites for hydroxylation is 1. The molecular formula is C20H21N3O3S3. The van der Waals surface area contributed by atoms with Gasteiger partial charge in [-0.2, -0.15) is 0 Å². The van der Waals surface area contributed by atoms with Crippen LogP contribution < -0.4 is 10.0 Å². The monoisotopic (exact) mass is 447 g/mol. The minimum atomic E-state index is -3.66. The third kappa shape index (κ3) is 4.13. The fourth-order valence-electron chi connectivity index (χ4n) is 3.40. The van der Waals surface area contributed by atoms with Crippen molar-refractivity contribution in [2.45, 2.75) is 31.1 Å². The van der Waals surface area contributed by atoms with E-state index in [4.69, 9.17) is 0 Å². The van der Waals surface area contributed by atoms with Crippen molar-refractivity contribution in [3.05, 3.63) is 51.8 Å². The Balaban J connectivity index is 1.70. The topological polar surface area (TPSA) is 88.2 Å². The first-order chi connectivity index (χ1) is 13.9. The number of thiazole rings is 1. The average molecular weight is 448 g/mol. The van der Waals surface area contributed by atoms with Gasteiger partial charge >= 0.3 is 0 Å². The molecule has 6 nitrogen and oxygen atoms in total. The highest BCUT2D eigenvalue weighted by Crippen LogP contribution is 2.34. The summed E-state index contributed by atoms with van der Waals surface area (Å²) in [5, 5.41) is 5.37. The van der Waals surface area contributed by atoms with E-state index in [-0.39, 0.29) is 10.8 Å². The molecule has 4 rings (SSSR count). The second kappa shape index (κ2) is 7.98. The van der Waals surface area contributed by atoms with Crippen LogP contribution in [0.2, 0.25) is 0 Å². The molecule has 0 saturated carbocycles. The molecule has 0 aliphatic heterocycles. The highest BCUT2D eigenvalue weighted by atomic mass is 32.2. The summed E-state index contributed by atoms with van der Waals surface area (Å²) < 4.78 is 26.8. The third-order valence-electron chi connectivity index (χ3n) is 5.01. The van der Waals surface area contributed by atoms with Crippen LogP contribution in [0.5, 0.6) is 0 Å². The number of nitrogens with zero attached hydrogens (tertiary/aromatic N) is 1. The summed E-state index contributed by atoms with van der Waals surface area (Å²) in [6.45, 7) is 2.22. The zero-order valence-corrected chi connectivity index (χ0v) is 18.5. The Morgan fingerprint density at radius 1 is 1.28 bits per heavy atom. The Hall–Kier alpha value is -2.07. The first-order valence-corrected chi connectivity index (χ1v) is 12.5. The van der Waals surface area contributed by atoms with Crippen molar-refractivity contribution in [1.29, 1.82) is 0 Å². The quantitative estimate of drug-likeness (QED) is 0.615. The van der Waals surface area contributed by atoms with Gasteiger partial charge in [-0.25, -0.2) is 18.1 Å².